The molecule has 1 saturated carbocycles. The molecule has 1 unspecified atom stereocenters. The van der Waals surface area contributed by atoms with Crippen molar-refractivity contribution in [3.63, 3.8) is 0 Å². The monoisotopic (exact) mass is 186 g/mol. The Balaban J connectivity index is 2.05. The van der Waals surface area contributed by atoms with Gasteiger partial charge in [0.05, 0.1) is 18.6 Å². The highest BCUT2D eigenvalue weighted by molar-refractivity contribution is 5.76. The maximum absolute atomic E-state index is 10.7. The van der Waals surface area contributed by atoms with Crippen molar-refractivity contribution in [3.8, 4) is 0 Å². The van der Waals surface area contributed by atoms with Gasteiger partial charge in [-0.2, -0.15) is 0 Å². The Bertz CT molecular complexity index is 178. The molecule has 0 radical (unpaired) electrons. The Labute approximate surface area is 78.6 Å². The summed E-state index contributed by atoms with van der Waals surface area (Å²) in [7, 11) is 0. The van der Waals surface area contributed by atoms with Crippen LogP contribution in [0.5, 0.6) is 0 Å². The van der Waals surface area contributed by atoms with Crippen molar-refractivity contribution in [2.75, 3.05) is 13.2 Å². The number of rotatable bonds is 5. The average molecular weight is 186 g/mol. The summed E-state index contributed by atoms with van der Waals surface area (Å²) in [4.78, 5) is 10.7. The second-order valence-electron chi connectivity index (χ2n) is 3.83. The summed E-state index contributed by atoms with van der Waals surface area (Å²) in [6.07, 6.45) is 2.36. The van der Waals surface area contributed by atoms with Crippen LogP contribution in [0.15, 0.2) is 0 Å². The fourth-order valence-corrected chi connectivity index (χ4v) is 1.37. The predicted octanol–water partition coefficient (Wildman–Crippen LogP) is -0.138. The van der Waals surface area contributed by atoms with Crippen molar-refractivity contribution in [1.29, 1.82) is 0 Å². The Morgan fingerprint density at radius 3 is 2.69 bits per heavy atom. The highest BCUT2D eigenvalue weighted by Gasteiger charge is 2.29. The lowest BCUT2D eigenvalue weighted by Crippen LogP contribution is -2.37. The van der Waals surface area contributed by atoms with E-state index in [4.69, 9.17) is 16.2 Å². The van der Waals surface area contributed by atoms with Gasteiger partial charge in [0.2, 0.25) is 5.91 Å². The van der Waals surface area contributed by atoms with Crippen molar-refractivity contribution in [2.24, 2.45) is 23.3 Å². The minimum absolute atomic E-state index is 0.183. The van der Waals surface area contributed by atoms with E-state index in [9.17, 15) is 4.79 Å². The van der Waals surface area contributed by atoms with Crippen molar-refractivity contribution in [3.05, 3.63) is 0 Å². The van der Waals surface area contributed by atoms with Gasteiger partial charge in [-0.1, -0.05) is 6.92 Å². The molecule has 0 saturated heterocycles. The molecule has 1 rings (SSSR count). The molecule has 1 amide bonds. The second-order valence-corrected chi connectivity index (χ2v) is 3.83. The smallest absolute Gasteiger partial charge is 0.222 e. The van der Waals surface area contributed by atoms with Gasteiger partial charge in [-0.15, -0.1) is 0 Å². The molecule has 0 bridgehead atoms. The van der Waals surface area contributed by atoms with Crippen molar-refractivity contribution in [1.82, 2.24) is 0 Å². The molecule has 76 valence electrons. The minimum Gasteiger partial charge on any atom is -0.377 e. The van der Waals surface area contributed by atoms with Gasteiger partial charge in [0.25, 0.3) is 0 Å². The van der Waals surface area contributed by atoms with Crippen LogP contribution in [0, 0.1) is 11.8 Å². The molecule has 0 aliphatic heterocycles. The maximum atomic E-state index is 10.7. The van der Waals surface area contributed by atoms with Crippen LogP contribution in [0.3, 0.4) is 0 Å². The van der Waals surface area contributed by atoms with Gasteiger partial charge in [0.15, 0.2) is 0 Å². The third kappa shape index (κ3) is 2.97. The highest BCUT2D eigenvalue weighted by atomic mass is 16.5. The number of carbonyl (C=O) groups excluding carboxylic acids is 1. The van der Waals surface area contributed by atoms with Gasteiger partial charge in [-0.05, 0) is 25.3 Å². The van der Waals surface area contributed by atoms with E-state index in [1.807, 2.05) is 0 Å². The Morgan fingerprint density at radius 1 is 1.62 bits per heavy atom. The maximum Gasteiger partial charge on any atom is 0.222 e. The van der Waals surface area contributed by atoms with Crippen LogP contribution >= 0.6 is 0 Å². The number of ether oxygens (including phenoxy) is 1. The first-order valence-electron chi connectivity index (χ1n) is 4.74. The zero-order valence-corrected chi connectivity index (χ0v) is 8.03. The molecule has 4 nitrogen and oxygen atoms in total. The summed E-state index contributed by atoms with van der Waals surface area (Å²) < 4.78 is 5.48. The van der Waals surface area contributed by atoms with E-state index in [1.54, 1.807) is 6.92 Å². The number of amides is 1. The molecule has 0 aromatic rings. The number of primary amides is 1. The molecule has 0 spiro atoms. The summed E-state index contributed by atoms with van der Waals surface area (Å²) in [6.45, 7) is 2.96. The third-order valence-electron chi connectivity index (χ3n) is 2.59. The van der Waals surface area contributed by atoms with Gasteiger partial charge < -0.3 is 16.2 Å². The molecular formula is C9H18N2O2. The van der Waals surface area contributed by atoms with Gasteiger partial charge in [-0.3, -0.25) is 4.79 Å². The van der Waals surface area contributed by atoms with E-state index < -0.39 is 0 Å². The Kier molecular flexibility index (Phi) is 3.69. The normalized spacial score (nSPS) is 29.4. The van der Waals surface area contributed by atoms with Crippen LogP contribution in [0.4, 0.5) is 0 Å². The number of hydrogen-bond acceptors (Lipinski definition) is 3. The molecule has 4 N–H and O–H groups in total. The lowest BCUT2D eigenvalue weighted by molar-refractivity contribution is -0.125. The fourth-order valence-electron chi connectivity index (χ4n) is 1.37. The molecule has 1 fully saturated rings. The molecule has 4 heteroatoms. The molecule has 1 aliphatic carbocycles. The van der Waals surface area contributed by atoms with E-state index in [2.05, 4.69) is 0 Å². The highest BCUT2D eigenvalue weighted by Crippen LogP contribution is 2.29. The Morgan fingerprint density at radius 2 is 2.23 bits per heavy atom. The Hall–Kier alpha value is -0.610. The van der Waals surface area contributed by atoms with E-state index in [-0.39, 0.29) is 11.8 Å². The van der Waals surface area contributed by atoms with Gasteiger partial charge in [0.1, 0.15) is 0 Å². The average Bonchev–Trinajstić information content (AvgIpc) is 2.01. The quantitative estimate of drug-likeness (QED) is 0.627. The summed E-state index contributed by atoms with van der Waals surface area (Å²) >= 11 is 0. The van der Waals surface area contributed by atoms with Crippen LogP contribution in [-0.2, 0) is 9.53 Å². The van der Waals surface area contributed by atoms with E-state index in [1.165, 1.54) is 0 Å². The summed E-state index contributed by atoms with van der Waals surface area (Å²) in [5, 5.41) is 0. The molecule has 1 atom stereocenters. The van der Waals surface area contributed by atoms with Gasteiger partial charge >= 0.3 is 0 Å². The number of hydrogen-bond donors (Lipinski definition) is 2. The lowest BCUT2D eigenvalue weighted by Gasteiger charge is -2.34. The van der Waals surface area contributed by atoms with Gasteiger partial charge in [0, 0.05) is 0 Å². The topological polar surface area (TPSA) is 78.3 Å². The minimum atomic E-state index is -0.297. The SMILES string of the molecule is CC(COC1CC(CN)C1)C(N)=O. The van der Waals surface area contributed by atoms with E-state index in [0.717, 1.165) is 19.4 Å². The van der Waals surface area contributed by atoms with Crippen molar-refractivity contribution < 1.29 is 9.53 Å². The summed E-state index contributed by atoms with van der Waals surface area (Å²) in [5.41, 5.74) is 10.6. The van der Waals surface area contributed by atoms with Gasteiger partial charge in [-0.25, -0.2) is 0 Å². The van der Waals surface area contributed by atoms with Crippen LogP contribution in [0.2, 0.25) is 0 Å². The van der Waals surface area contributed by atoms with E-state index in [0.29, 0.717) is 18.6 Å². The fraction of sp³-hybridized carbons (Fsp3) is 0.889. The third-order valence-corrected chi connectivity index (χ3v) is 2.59. The second kappa shape index (κ2) is 4.58. The zero-order chi connectivity index (χ0) is 9.84. The first-order valence-corrected chi connectivity index (χ1v) is 4.74. The lowest BCUT2D eigenvalue weighted by atomic mass is 9.82. The first kappa shape index (κ1) is 10.5. The van der Waals surface area contributed by atoms with Crippen LogP contribution in [-0.4, -0.2) is 25.2 Å². The molecule has 0 aromatic carbocycles. The summed E-state index contributed by atoms with van der Waals surface area (Å²) in [6, 6.07) is 0. The molecule has 1 aliphatic rings. The van der Waals surface area contributed by atoms with Crippen LogP contribution in [0.1, 0.15) is 19.8 Å². The van der Waals surface area contributed by atoms with Crippen molar-refractivity contribution >= 4 is 5.91 Å². The van der Waals surface area contributed by atoms with Crippen molar-refractivity contribution in [2.45, 2.75) is 25.9 Å². The molecule has 0 heterocycles. The number of nitrogens with two attached hydrogens (primary N) is 2. The standard InChI is InChI=1S/C9H18N2O2/c1-6(9(11)12)5-13-8-2-7(3-8)4-10/h6-8H,2-5,10H2,1H3,(H2,11,12). The predicted molar refractivity (Wildman–Crippen MR) is 49.9 cm³/mol. The molecule has 0 aromatic heterocycles. The molecule has 13 heavy (non-hydrogen) atoms. The zero-order valence-electron chi connectivity index (χ0n) is 8.03. The van der Waals surface area contributed by atoms with Crippen LogP contribution in [0.25, 0.3) is 0 Å². The largest absolute Gasteiger partial charge is 0.377 e. The molecular weight excluding hydrogens is 168 g/mol. The van der Waals surface area contributed by atoms with E-state index >= 15 is 0 Å². The van der Waals surface area contributed by atoms with Crippen LogP contribution < -0.4 is 11.5 Å². The number of carbonyl (C=O) groups is 1. The summed E-state index contributed by atoms with van der Waals surface area (Å²) in [5.74, 6) is 0.139. The first-order chi connectivity index (χ1) is 6.13.